The molecule has 0 aliphatic heterocycles. The maximum Gasteiger partial charge on any atom is 0.411 e. The first-order chi connectivity index (χ1) is 2.94. The summed E-state index contributed by atoms with van der Waals surface area (Å²) in [7, 11) is 0. The minimum absolute atomic E-state index is 2.95. The summed E-state index contributed by atoms with van der Waals surface area (Å²) in [6.07, 6.45) is -4.78. The third-order valence-corrected chi connectivity index (χ3v) is 0.146. The minimum atomic E-state index is -4.78. The largest absolute Gasteiger partial charge is 0.411 e. The lowest BCUT2D eigenvalue weighted by atomic mass is 10.7. The summed E-state index contributed by atoms with van der Waals surface area (Å²) in [5, 5.41) is 7.43. The second kappa shape index (κ2) is 1.47. The molecule has 0 amide bonds. The minimum Gasteiger partial charge on any atom is -0.387 e. The van der Waals surface area contributed by atoms with Crippen molar-refractivity contribution in [1.29, 1.82) is 0 Å². The maximum atomic E-state index is 10.7. The summed E-state index contributed by atoms with van der Waals surface area (Å²) < 4.78 is 37.9. The number of aliphatic hydroxyl groups is 1. The highest BCUT2D eigenvalue weighted by Gasteiger charge is 2.24. The van der Waals surface area contributed by atoms with Crippen LogP contribution < -0.4 is 0 Å². The predicted molar refractivity (Wildman–Crippen MR) is 13.1 cm³/mol. The van der Waals surface area contributed by atoms with E-state index in [4.69, 9.17) is 6.48 Å². The molecule has 0 rings (SSSR count). The highest BCUT2D eigenvalue weighted by atomic mass is 19.4. The number of alkyl halides is 3. The average molecular weight is 101 g/mol. The molecule has 1 N–H and O–H groups in total. The Bertz CT molecular complexity index is 58.4. The van der Waals surface area contributed by atoms with Gasteiger partial charge in [-0.05, 0) is 0 Å². The van der Waals surface area contributed by atoms with Crippen molar-refractivity contribution in [1.82, 2.24) is 0 Å². The third-order valence-electron chi connectivity index (χ3n) is 0.146. The van der Waals surface area contributed by atoms with Gasteiger partial charge in [0.1, 0.15) is 6.58 Å². The van der Waals surface area contributed by atoms with Gasteiger partial charge in [-0.2, -0.15) is 13.2 Å². The van der Waals surface area contributed by atoms with E-state index in [9.17, 15) is 13.2 Å². The predicted octanol–water partition coefficient (Wildman–Crippen LogP) is 0.541. The molecule has 0 spiro atoms. The van der Waals surface area contributed by atoms with E-state index in [-0.39, 0.29) is 0 Å². The number of rotatable bonds is 0. The lowest BCUT2D eigenvalue weighted by molar-refractivity contribution is -0.159. The number of hydrogen-bond acceptors (Lipinski definition) is 1. The maximum absolute atomic E-state index is 10.7. The van der Waals surface area contributed by atoms with Crippen LogP contribution in [0.3, 0.4) is 0 Å². The molecule has 0 aliphatic rings. The molecule has 0 aliphatic carbocycles. The molecule has 0 saturated carbocycles. The monoisotopic (exact) mass is 101 g/mol. The quantitative estimate of drug-likeness (QED) is 0.472. The van der Waals surface area contributed by atoms with Gasteiger partial charge in [0.2, 0.25) is 0 Å². The van der Waals surface area contributed by atoms with E-state index >= 15 is 0 Å². The van der Waals surface area contributed by atoms with Crippen molar-refractivity contribution in [2.75, 3.05) is 6.58 Å². The molecule has 0 fully saturated rings. The molecule has 4 heteroatoms. The van der Waals surface area contributed by atoms with Crippen molar-refractivity contribution < 1.29 is 19.6 Å². The van der Waals surface area contributed by atoms with Gasteiger partial charge in [-0.3, -0.25) is 0 Å². The Hall–Kier alpha value is -0.250. The fourth-order valence-corrected chi connectivity index (χ4v) is 0. The Kier molecular flexibility index (Phi) is 0.959. The number of hydrogen-bond donors (Lipinski definition) is 1. The normalized spacial score (nSPS) is 19.7. The molecule has 0 bridgehead atoms. The van der Waals surface area contributed by atoms with Crippen molar-refractivity contribution >= 4 is 0 Å². The van der Waals surface area contributed by atoms with Crippen molar-refractivity contribution in [2.45, 2.75) is 6.18 Å². The molecule has 0 aromatic carbocycles. The number of halogens is 3. The SMILES string of the molecule is [2H]C(O)C(F)(F)F. The lowest BCUT2D eigenvalue weighted by Crippen LogP contribution is -2.12. The standard InChI is InChI=1S/C2H3F3O/c3-2(4,5)1-6/h6H,1H2/i1D. The fourth-order valence-electron chi connectivity index (χ4n) is 0. The van der Waals surface area contributed by atoms with Gasteiger partial charge in [0.25, 0.3) is 0 Å². The molecule has 1 atom stereocenters. The van der Waals surface area contributed by atoms with Crippen molar-refractivity contribution in [2.24, 2.45) is 0 Å². The van der Waals surface area contributed by atoms with Crippen LogP contribution in [-0.4, -0.2) is 17.9 Å². The van der Waals surface area contributed by atoms with Crippen LogP contribution in [0, 0.1) is 0 Å². The summed E-state index contributed by atoms with van der Waals surface area (Å²) in [5.41, 5.74) is 0. The molecule has 6 heavy (non-hydrogen) atoms. The first-order valence-electron chi connectivity index (χ1n) is 1.69. The van der Waals surface area contributed by atoms with E-state index in [1.165, 1.54) is 0 Å². The molecule has 0 saturated heterocycles. The molecule has 0 radical (unpaired) electrons. The smallest absolute Gasteiger partial charge is 0.387 e. The molecule has 1 unspecified atom stereocenters. The van der Waals surface area contributed by atoms with Gasteiger partial charge in [0, 0.05) is 0 Å². The zero-order valence-electron chi connectivity index (χ0n) is 3.66. The first-order valence-corrected chi connectivity index (χ1v) is 1.11. The molecular weight excluding hydrogens is 97.0 g/mol. The van der Waals surface area contributed by atoms with Crippen LogP contribution in [0.5, 0.6) is 0 Å². The Morgan fingerprint density at radius 3 is 1.83 bits per heavy atom. The van der Waals surface area contributed by atoms with Crippen molar-refractivity contribution in [3.8, 4) is 0 Å². The summed E-state index contributed by atoms with van der Waals surface area (Å²) in [6, 6.07) is 0. The Morgan fingerprint density at radius 2 is 1.83 bits per heavy atom. The van der Waals surface area contributed by atoms with Gasteiger partial charge in [-0.1, -0.05) is 0 Å². The second-order valence-electron chi connectivity index (χ2n) is 0.671. The van der Waals surface area contributed by atoms with E-state index in [1.54, 1.807) is 0 Å². The summed E-state index contributed by atoms with van der Waals surface area (Å²) in [5.74, 6) is 0. The molecule has 0 aromatic rings. The van der Waals surface area contributed by atoms with E-state index < -0.39 is 12.8 Å². The van der Waals surface area contributed by atoms with Gasteiger partial charge in [-0.15, -0.1) is 0 Å². The molecule has 1 nitrogen and oxygen atoms in total. The van der Waals surface area contributed by atoms with Crippen LogP contribution in [0.2, 0.25) is 0 Å². The van der Waals surface area contributed by atoms with E-state index in [2.05, 4.69) is 0 Å². The van der Waals surface area contributed by atoms with Crippen LogP contribution in [-0.2, 0) is 0 Å². The van der Waals surface area contributed by atoms with Crippen molar-refractivity contribution in [3.63, 3.8) is 0 Å². The highest BCUT2D eigenvalue weighted by Crippen LogP contribution is 2.11. The van der Waals surface area contributed by atoms with Crippen LogP contribution in [0.4, 0.5) is 13.2 Å². The van der Waals surface area contributed by atoms with Gasteiger partial charge >= 0.3 is 6.18 Å². The van der Waals surface area contributed by atoms with Crippen molar-refractivity contribution in [3.05, 3.63) is 0 Å². The highest BCUT2D eigenvalue weighted by molar-refractivity contribution is 4.39. The first kappa shape index (κ1) is 3.92. The summed E-state index contributed by atoms with van der Waals surface area (Å²) in [4.78, 5) is 0. The van der Waals surface area contributed by atoms with Gasteiger partial charge in [0.15, 0.2) is 0 Å². The Balaban J connectivity index is 3.54. The lowest BCUT2D eigenvalue weighted by Gasteiger charge is -1.95. The molecule has 38 valence electrons. The van der Waals surface area contributed by atoms with Gasteiger partial charge in [-0.25, -0.2) is 0 Å². The molecule has 0 heterocycles. The van der Waals surface area contributed by atoms with E-state index in [0.29, 0.717) is 0 Å². The van der Waals surface area contributed by atoms with Gasteiger partial charge < -0.3 is 5.11 Å². The second-order valence-corrected chi connectivity index (χ2v) is 0.671. The van der Waals surface area contributed by atoms with E-state index in [1.807, 2.05) is 0 Å². The summed E-state index contributed by atoms with van der Waals surface area (Å²) >= 11 is 0. The van der Waals surface area contributed by atoms with E-state index in [0.717, 1.165) is 0 Å². The zero-order chi connectivity index (χ0) is 6.08. The van der Waals surface area contributed by atoms with Crippen LogP contribution >= 0.6 is 0 Å². The topological polar surface area (TPSA) is 20.2 Å². The van der Waals surface area contributed by atoms with Crippen LogP contribution in [0.15, 0.2) is 0 Å². The van der Waals surface area contributed by atoms with Crippen LogP contribution in [0.1, 0.15) is 1.37 Å². The third kappa shape index (κ3) is 3.75. The molecular formula is C2H3F3O. The fraction of sp³-hybridized carbons (Fsp3) is 1.00. The van der Waals surface area contributed by atoms with Crippen LogP contribution in [0.25, 0.3) is 0 Å². The van der Waals surface area contributed by atoms with Gasteiger partial charge in [0.05, 0.1) is 1.37 Å². The summed E-state index contributed by atoms with van der Waals surface area (Å²) in [6.45, 7) is -2.95. The Morgan fingerprint density at radius 1 is 1.67 bits per heavy atom. The average Bonchev–Trinajstić information content (AvgIpc) is 1.31. The Labute approximate surface area is 33.8 Å². The molecule has 0 aromatic heterocycles. The number of aliphatic hydroxyl groups excluding tert-OH is 1. The zero-order valence-corrected chi connectivity index (χ0v) is 2.66.